The quantitative estimate of drug-likeness (QED) is 0.0116. The molecule has 2 rings (SSSR count). The molecule has 16 N–H and O–H groups in total. The van der Waals surface area contributed by atoms with E-state index >= 15 is 0 Å². The summed E-state index contributed by atoms with van der Waals surface area (Å²) < 4.78 is 40.3. The molecule has 36 heteroatoms. The van der Waals surface area contributed by atoms with E-state index < -0.39 is 61.0 Å². The average molecular weight is 1950 g/mol. The molecule has 4 amide bonds. The van der Waals surface area contributed by atoms with Crippen LogP contribution in [0.15, 0.2) is 0 Å². The predicted octanol–water partition coefficient (Wildman–Crippen LogP) is 11.0. The van der Waals surface area contributed by atoms with E-state index in [0.29, 0.717) is 75.6 Å². The Morgan fingerprint density at radius 1 is 0.450 bits per heavy atom. The van der Waals surface area contributed by atoms with E-state index in [1.165, 1.54) is 54.9 Å². The summed E-state index contributed by atoms with van der Waals surface area (Å²) in [6.45, 7) is 18.6. The fraction of sp³-hybridized carbons (Fsp3) is 0.907. The maximum atomic E-state index is 13.0. The molecule has 2 saturated heterocycles. The first-order valence-electron chi connectivity index (χ1n) is 39.2. The number of hydrogen-bond acceptors (Lipinski definition) is 30. The van der Waals surface area contributed by atoms with Crippen LogP contribution in [0.3, 0.4) is 0 Å². The first-order chi connectivity index (χ1) is 51.6. The van der Waals surface area contributed by atoms with E-state index in [1.807, 2.05) is 37.4 Å². The molecule has 0 aromatic rings. The van der Waals surface area contributed by atoms with Gasteiger partial charge < -0.3 is 107 Å². The van der Waals surface area contributed by atoms with Crippen molar-refractivity contribution < 1.29 is 123 Å². The molecule has 0 saturated carbocycles. The number of aliphatic hydroxyl groups is 4. The van der Waals surface area contributed by atoms with Crippen molar-refractivity contribution in [3.05, 3.63) is 0 Å². The SMILES string of the molecule is C.C.CC(C)SCCC(O)COC(=O)CCCN(CCNC(=O)OCC(O)CCSCCCCCCSCCC(O)COC(=O)NCCCCCCNC(=O)C(C)C)C(=O)OCC(O)CCSC(C)C.NCCCCCCN.NCCNCCN.O=C1OCC(CCSCCCCCCSCCC2COC(=O)O2)O1.P.[U]. The maximum absolute atomic E-state index is 13.0. The Labute approximate surface area is 722 Å². The van der Waals surface area contributed by atoms with Crippen molar-refractivity contribution in [1.29, 1.82) is 0 Å². The van der Waals surface area contributed by atoms with Gasteiger partial charge in [0.25, 0.3) is 0 Å². The molecule has 2 fully saturated rings. The zero-order valence-electron chi connectivity index (χ0n) is 67.1. The Hall–Kier alpha value is -1.49. The molecule has 0 bridgehead atoms. The van der Waals surface area contributed by atoms with Crippen LogP contribution in [0.2, 0.25) is 0 Å². The number of carbonyl (C=O) groups excluding carboxylic acids is 7. The molecular weight excluding hydrogens is 1790 g/mol. The van der Waals surface area contributed by atoms with Crippen LogP contribution in [-0.4, -0.2) is 284 Å². The van der Waals surface area contributed by atoms with E-state index in [-0.39, 0.29) is 139 Å². The second-order valence-corrected chi connectivity index (χ2v) is 34.9. The number of alkyl carbamates (subject to hydrolysis) is 2. The van der Waals surface area contributed by atoms with Gasteiger partial charge in [-0.05, 0) is 177 Å². The number of rotatable bonds is 66. The molecule has 7 unspecified atom stereocenters. The number of hydrogen-bond donors (Lipinski definition) is 12. The zero-order chi connectivity index (χ0) is 79.6. The van der Waals surface area contributed by atoms with Crippen LogP contribution < -0.4 is 44.2 Å². The van der Waals surface area contributed by atoms with Crippen molar-refractivity contribution in [3.63, 3.8) is 0 Å². The van der Waals surface area contributed by atoms with Crippen LogP contribution in [0, 0.1) is 37.0 Å². The zero-order valence-corrected chi connectivity index (χ0v) is 77.6. The fourth-order valence-electron chi connectivity index (χ4n) is 9.18. The molecule has 111 heavy (non-hydrogen) atoms. The van der Waals surface area contributed by atoms with Gasteiger partial charge in [0.15, 0.2) is 0 Å². The van der Waals surface area contributed by atoms with E-state index in [2.05, 4.69) is 49.0 Å². The number of ether oxygens (including phenoxy) is 8. The number of nitrogens with zero attached hydrogens (tertiary/aromatic N) is 1. The van der Waals surface area contributed by atoms with Gasteiger partial charge in [0.1, 0.15) is 51.8 Å². The van der Waals surface area contributed by atoms with Crippen molar-refractivity contribution in [2.75, 3.05) is 169 Å². The predicted molar refractivity (Wildman–Crippen MR) is 466 cm³/mol. The normalized spacial score (nSPS) is 14.3. The number of unbranched alkanes of at least 4 members (excludes halogenated alkanes) is 12. The fourth-order valence-corrected chi connectivity index (χ4v) is 15.1. The van der Waals surface area contributed by atoms with Gasteiger partial charge in [-0.2, -0.15) is 80.5 Å². The van der Waals surface area contributed by atoms with Gasteiger partial charge in [0, 0.05) is 102 Å². The minimum Gasteiger partial charge on any atom is -0.463 e. The smallest absolute Gasteiger partial charge is 0.463 e. The second kappa shape index (κ2) is 89.3. The minimum atomic E-state index is -0.821. The van der Waals surface area contributed by atoms with Crippen molar-refractivity contribution in [3.8, 4) is 0 Å². The van der Waals surface area contributed by atoms with E-state index in [1.54, 1.807) is 47.0 Å². The van der Waals surface area contributed by atoms with Crippen molar-refractivity contribution in [2.24, 2.45) is 28.9 Å². The third kappa shape index (κ3) is 87.6. The summed E-state index contributed by atoms with van der Waals surface area (Å²) in [6, 6.07) is 0. The van der Waals surface area contributed by atoms with E-state index in [9.17, 15) is 54.0 Å². The van der Waals surface area contributed by atoms with E-state index in [0.717, 1.165) is 149 Å². The van der Waals surface area contributed by atoms with E-state index in [4.69, 9.17) is 60.8 Å². The summed E-state index contributed by atoms with van der Waals surface area (Å²) in [4.78, 5) is 83.9. The number of cyclic esters (lactones) is 4. The van der Waals surface area contributed by atoms with Crippen molar-refractivity contribution in [2.45, 2.75) is 258 Å². The number of nitrogens with two attached hydrogens (primary N) is 4. The monoisotopic (exact) mass is 1950 g/mol. The summed E-state index contributed by atoms with van der Waals surface area (Å²) in [5.41, 5.74) is 20.9. The molecule has 0 aliphatic carbocycles. The summed E-state index contributed by atoms with van der Waals surface area (Å²) in [5.74, 6) is 8.92. The van der Waals surface area contributed by atoms with Gasteiger partial charge >= 0.3 is 36.6 Å². The maximum Gasteiger partial charge on any atom is 0.508 e. The van der Waals surface area contributed by atoms with Gasteiger partial charge in [0.05, 0.1) is 24.4 Å². The number of amides is 4. The molecule has 0 spiro atoms. The van der Waals surface area contributed by atoms with Crippen LogP contribution in [0.25, 0.3) is 0 Å². The van der Waals surface area contributed by atoms with Crippen LogP contribution in [0.5, 0.6) is 0 Å². The number of carbonyl (C=O) groups is 7. The Morgan fingerprint density at radius 2 is 0.820 bits per heavy atom. The van der Waals surface area contributed by atoms with Gasteiger partial charge in [-0.1, -0.05) is 108 Å². The Bertz CT molecular complexity index is 2100. The molecule has 2 heterocycles. The number of esters is 1. The van der Waals surface area contributed by atoms with Crippen molar-refractivity contribution in [1.82, 2.24) is 26.2 Å². The molecule has 660 valence electrons. The number of nitrogens with one attached hydrogen (secondary N) is 4. The summed E-state index contributed by atoms with van der Waals surface area (Å²) in [7, 11) is 0. The minimum absolute atomic E-state index is 0. The number of thioether (sulfide) groups is 6. The molecule has 28 nitrogen and oxygen atoms in total. The van der Waals surface area contributed by atoms with Gasteiger partial charge in [-0.3, -0.25) is 9.59 Å². The first-order valence-corrected chi connectivity index (χ1v) is 45.9. The Morgan fingerprint density at radius 3 is 1.21 bits per heavy atom. The molecule has 0 aromatic carbocycles. The number of aliphatic hydroxyl groups excluding tert-OH is 4. The van der Waals surface area contributed by atoms with Crippen LogP contribution in [-0.2, 0) is 47.5 Å². The van der Waals surface area contributed by atoms with Gasteiger partial charge in [0.2, 0.25) is 5.91 Å². The molecule has 0 radical (unpaired) electrons. The molecule has 2 aliphatic rings. The molecule has 7 atom stereocenters. The Kier molecular flexibility index (Phi) is 96.8. The summed E-state index contributed by atoms with van der Waals surface area (Å²) in [6.07, 6.45) is 15.7. The first kappa shape index (κ1) is 120. The summed E-state index contributed by atoms with van der Waals surface area (Å²) >= 11 is 10.8. The third-order valence-electron chi connectivity index (χ3n) is 15.5. The van der Waals surface area contributed by atoms with Crippen molar-refractivity contribution >= 4 is 123 Å². The topological polar surface area (TPSA) is 430 Å². The molecule has 2 aliphatic heterocycles. The third-order valence-corrected chi connectivity index (χ3v) is 22.2. The van der Waals surface area contributed by atoms with Crippen LogP contribution >= 0.6 is 80.5 Å². The second-order valence-electron chi connectivity index (χ2n) is 26.6. The molecular formula is C75H156N9O19PS6U. The Balaban J connectivity index is -0.000000517. The average Bonchev–Trinajstić information content (AvgIpc) is 1.81. The van der Waals surface area contributed by atoms with Gasteiger partial charge in [-0.25, -0.2) is 24.0 Å². The standard InChI is InChI=1S/C47H90N4O13S4.C16H26O6S2.C6H16N2.C4H13N3.2CH4.H3P.U/c1-36(2)44(57)48-21-11-7-8-12-22-49-45(58)62-33-39(52)17-28-65-26-13-9-10-14-27-66-29-18-40(53)34-63-46(59)50-23-25-51(47(60)64-35-42(55)20-31-68-38(5)6)24-15-16-43(56)61-32-41(54)19-30-67-37(3)4;17-15-19-11-13(21-15)5-9-23-7-3-1-2-4-8-24-10-6-14-12-20-16(18)22-14;7-5-3-1-2-4-6-8;5-1-3-7-4-2-6;;;;/h36-42,52-55H,7-35H2,1-6H3,(H,48,57)(H,49,58)(H,50,59);13-14H,1-12H2;1-8H2;7H,1-6H2;2*1H4;1H3;. The van der Waals surface area contributed by atoms with Gasteiger partial charge in [-0.15, -0.1) is 0 Å². The molecule has 0 aromatic heterocycles. The van der Waals surface area contributed by atoms with Crippen LogP contribution in [0.1, 0.15) is 210 Å². The largest absolute Gasteiger partial charge is 0.508 e. The van der Waals surface area contributed by atoms with Crippen LogP contribution in [0.4, 0.5) is 24.0 Å². The summed E-state index contributed by atoms with van der Waals surface area (Å²) in [5, 5.41) is 53.0.